The fourth-order valence-corrected chi connectivity index (χ4v) is 2.62. The summed E-state index contributed by atoms with van der Waals surface area (Å²) in [5, 5.41) is 3.69. The predicted molar refractivity (Wildman–Crippen MR) is 85.4 cm³/mol. The molecule has 0 bridgehead atoms. The van der Waals surface area contributed by atoms with Gasteiger partial charge in [-0.15, -0.1) is 0 Å². The molecule has 4 rings (SSSR count). The van der Waals surface area contributed by atoms with Gasteiger partial charge in [0.25, 0.3) is 0 Å². The number of hydrogen-bond acceptors (Lipinski definition) is 2. The van der Waals surface area contributed by atoms with E-state index >= 15 is 0 Å². The zero-order valence-electron chi connectivity index (χ0n) is 11.2. The second-order valence-corrected chi connectivity index (χ2v) is 5.05. The molecule has 0 saturated carbocycles. The van der Waals surface area contributed by atoms with Gasteiger partial charge in [-0.3, -0.25) is 0 Å². The normalized spacial score (nSPS) is 11.0. The molecule has 0 saturated heterocycles. The highest BCUT2D eigenvalue weighted by Gasteiger charge is 2.07. The van der Waals surface area contributed by atoms with Crippen molar-refractivity contribution in [3.05, 3.63) is 83.2 Å². The Balaban J connectivity index is 2.05. The Morgan fingerprint density at radius 1 is 0.667 bits per heavy atom. The highest BCUT2D eigenvalue weighted by Crippen LogP contribution is 2.25. The van der Waals surface area contributed by atoms with Gasteiger partial charge in [0.2, 0.25) is 0 Å². The summed E-state index contributed by atoms with van der Waals surface area (Å²) in [6.45, 7) is 0. The molecule has 0 N–H and O–H groups in total. The second-order valence-electron chi connectivity index (χ2n) is 5.05. The van der Waals surface area contributed by atoms with Crippen LogP contribution >= 0.6 is 0 Å². The Bertz CT molecular complexity index is 998. The molecule has 0 aliphatic heterocycles. The number of rotatable bonds is 1. The summed E-state index contributed by atoms with van der Waals surface area (Å²) < 4.78 is 5.47. The van der Waals surface area contributed by atoms with Crippen LogP contribution in [0.2, 0.25) is 0 Å². The van der Waals surface area contributed by atoms with Crippen molar-refractivity contribution in [1.82, 2.24) is 0 Å². The highest BCUT2D eigenvalue weighted by molar-refractivity contribution is 5.98. The van der Waals surface area contributed by atoms with Crippen LogP contribution in [0.4, 0.5) is 0 Å². The van der Waals surface area contributed by atoms with Gasteiger partial charge in [-0.05, 0) is 34.4 Å². The first-order valence-corrected chi connectivity index (χ1v) is 6.83. The lowest BCUT2D eigenvalue weighted by molar-refractivity contribution is 0.535. The fourth-order valence-electron chi connectivity index (χ4n) is 2.62. The molecule has 0 spiro atoms. The molecule has 0 radical (unpaired) electrons. The monoisotopic (exact) mass is 272 g/mol. The Morgan fingerprint density at radius 2 is 1.33 bits per heavy atom. The maximum Gasteiger partial charge on any atom is 0.344 e. The third-order valence-corrected chi connectivity index (χ3v) is 3.69. The zero-order chi connectivity index (χ0) is 14.2. The van der Waals surface area contributed by atoms with E-state index in [1.165, 1.54) is 0 Å². The Labute approximate surface area is 121 Å². The molecule has 0 fully saturated rings. The van der Waals surface area contributed by atoms with Crippen molar-refractivity contribution < 1.29 is 4.42 Å². The van der Waals surface area contributed by atoms with Gasteiger partial charge < -0.3 is 4.42 Å². The SMILES string of the molecule is O=c1oc(-c2ccccc2)cc2cc3ccccc3cc12. The molecule has 4 aromatic rings. The van der Waals surface area contributed by atoms with Gasteiger partial charge >= 0.3 is 5.63 Å². The molecule has 3 aromatic carbocycles. The maximum atomic E-state index is 12.2. The van der Waals surface area contributed by atoms with Crippen LogP contribution in [0, 0.1) is 0 Å². The molecular formula is C19H12O2. The predicted octanol–water partition coefficient (Wildman–Crippen LogP) is 4.61. The Kier molecular flexibility index (Phi) is 2.61. The molecular weight excluding hydrogens is 260 g/mol. The maximum absolute atomic E-state index is 12.2. The molecule has 2 nitrogen and oxygen atoms in total. The Hall–Kier alpha value is -2.87. The molecule has 1 heterocycles. The van der Waals surface area contributed by atoms with E-state index in [0.29, 0.717) is 11.1 Å². The van der Waals surface area contributed by atoms with E-state index in [1.807, 2.05) is 72.8 Å². The minimum absolute atomic E-state index is 0.294. The van der Waals surface area contributed by atoms with Crippen LogP contribution in [0.25, 0.3) is 32.9 Å². The molecule has 2 heteroatoms. The summed E-state index contributed by atoms with van der Waals surface area (Å²) >= 11 is 0. The summed E-state index contributed by atoms with van der Waals surface area (Å²) in [5.74, 6) is 0.600. The second kappa shape index (κ2) is 4.60. The van der Waals surface area contributed by atoms with Gasteiger partial charge in [0, 0.05) is 5.56 Å². The zero-order valence-corrected chi connectivity index (χ0v) is 11.2. The molecule has 0 aliphatic carbocycles. The van der Waals surface area contributed by atoms with Crippen molar-refractivity contribution in [3.63, 3.8) is 0 Å². The summed E-state index contributed by atoms with van der Waals surface area (Å²) in [4.78, 5) is 12.2. The van der Waals surface area contributed by atoms with Gasteiger partial charge in [0.15, 0.2) is 0 Å². The van der Waals surface area contributed by atoms with Crippen LogP contribution in [0.3, 0.4) is 0 Å². The lowest BCUT2D eigenvalue weighted by Crippen LogP contribution is -2.00. The smallest absolute Gasteiger partial charge is 0.344 e. The van der Waals surface area contributed by atoms with Gasteiger partial charge in [-0.2, -0.15) is 0 Å². The van der Waals surface area contributed by atoms with E-state index in [9.17, 15) is 4.79 Å². The van der Waals surface area contributed by atoms with E-state index in [2.05, 4.69) is 0 Å². The van der Waals surface area contributed by atoms with Crippen LogP contribution in [-0.2, 0) is 0 Å². The first-order chi connectivity index (χ1) is 10.3. The number of benzene rings is 3. The molecule has 0 aliphatic rings. The first-order valence-electron chi connectivity index (χ1n) is 6.83. The summed E-state index contributed by atoms with van der Waals surface area (Å²) in [6.07, 6.45) is 0. The van der Waals surface area contributed by atoms with Crippen LogP contribution in [0.15, 0.2) is 82.0 Å². The van der Waals surface area contributed by atoms with Gasteiger partial charge in [0.1, 0.15) is 5.76 Å². The average Bonchev–Trinajstić information content (AvgIpc) is 2.54. The summed E-state index contributed by atoms with van der Waals surface area (Å²) in [7, 11) is 0. The number of fused-ring (bicyclic) bond motifs is 2. The van der Waals surface area contributed by atoms with Crippen molar-refractivity contribution in [2.75, 3.05) is 0 Å². The Morgan fingerprint density at radius 3 is 2.10 bits per heavy atom. The number of hydrogen-bond donors (Lipinski definition) is 0. The summed E-state index contributed by atoms with van der Waals surface area (Å²) in [6, 6.07) is 23.5. The van der Waals surface area contributed by atoms with Crippen molar-refractivity contribution in [1.29, 1.82) is 0 Å². The highest BCUT2D eigenvalue weighted by atomic mass is 16.4. The molecule has 0 atom stereocenters. The van der Waals surface area contributed by atoms with Crippen molar-refractivity contribution in [3.8, 4) is 11.3 Å². The first kappa shape index (κ1) is 11.9. The van der Waals surface area contributed by atoms with E-state index in [0.717, 1.165) is 21.7 Å². The summed E-state index contributed by atoms with van der Waals surface area (Å²) in [5.41, 5.74) is 0.613. The molecule has 21 heavy (non-hydrogen) atoms. The van der Waals surface area contributed by atoms with E-state index in [4.69, 9.17) is 4.42 Å². The molecule has 0 amide bonds. The van der Waals surface area contributed by atoms with E-state index in [1.54, 1.807) is 0 Å². The van der Waals surface area contributed by atoms with Crippen molar-refractivity contribution in [2.45, 2.75) is 0 Å². The average molecular weight is 272 g/mol. The lowest BCUT2D eigenvalue weighted by Gasteiger charge is -2.04. The standard InChI is InChI=1S/C19H12O2/c20-19-17-11-15-9-5-4-8-14(15)10-16(17)12-18(21-19)13-6-2-1-3-7-13/h1-12H. The van der Waals surface area contributed by atoms with Crippen molar-refractivity contribution >= 4 is 21.5 Å². The van der Waals surface area contributed by atoms with E-state index in [-0.39, 0.29) is 5.63 Å². The van der Waals surface area contributed by atoms with Gasteiger partial charge in [-0.25, -0.2) is 4.79 Å². The molecule has 0 unspecified atom stereocenters. The van der Waals surface area contributed by atoms with Crippen molar-refractivity contribution in [2.24, 2.45) is 0 Å². The molecule has 100 valence electrons. The largest absolute Gasteiger partial charge is 0.422 e. The van der Waals surface area contributed by atoms with Gasteiger partial charge in [-0.1, -0.05) is 54.6 Å². The third-order valence-electron chi connectivity index (χ3n) is 3.69. The minimum atomic E-state index is -0.294. The van der Waals surface area contributed by atoms with Crippen LogP contribution in [-0.4, -0.2) is 0 Å². The van der Waals surface area contributed by atoms with E-state index < -0.39 is 0 Å². The van der Waals surface area contributed by atoms with Gasteiger partial charge in [0.05, 0.1) is 5.39 Å². The van der Waals surface area contributed by atoms with Crippen LogP contribution in [0.1, 0.15) is 0 Å². The fraction of sp³-hybridized carbons (Fsp3) is 0. The quantitative estimate of drug-likeness (QED) is 0.473. The molecule has 1 aromatic heterocycles. The third kappa shape index (κ3) is 2.01. The topological polar surface area (TPSA) is 30.2 Å². The van der Waals surface area contributed by atoms with Crippen LogP contribution in [0.5, 0.6) is 0 Å². The lowest BCUT2D eigenvalue weighted by atomic mass is 10.0. The minimum Gasteiger partial charge on any atom is -0.422 e. The van der Waals surface area contributed by atoms with Crippen LogP contribution < -0.4 is 5.63 Å².